The number of hydrogen-bond acceptors (Lipinski definition) is 3. The van der Waals surface area contributed by atoms with Gasteiger partial charge in [-0.2, -0.15) is 0 Å². The van der Waals surface area contributed by atoms with Gasteiger partial charge in [0.05, 0.1) is 13.2 Å². The summed E-state index contributed by atoms with van der Waals surface area (Å²) in [6, 6.07) is 7.34. The first-order valence-corrected chi connectivity index (χ1v) is 4.39. The highest BCUT2D eigenvalue weighted by Gasteiger charge is 1.91. The molecule has 0 fully saturated rings. The predicted octanol–water partition coefficient (Wildman–Crippen LogP) is 0.368. The first-order chi connectivity index (χ1) is 6.86. The van der Waals surface area contributed by atoms with E-state index in [9.17, 15) is 0 Å². The predicted molar refractivity (Wildman–Crippen MR) is 55.0 cm³/mol. The van der Waals surface area contributed by atoms with E-state index in [1.165, 1.54) is 0 Å². The third kappa shape index (κ3) is 3.48. The molecule has 0 aliphatic heterocycles. The topological polar surface area (TPSA) is 55.5 Å². The minimum absolute atomic E-state index is 0.0226. The maximum Gasteiger partial charge on any atom is 0.119 e. The fourth-order valence-corrected chi connectivity index (χ4v) is 0.951. The average Bonchev–Trinajstić information content (AvgIpc) is 2.25. The smallest absolute Gasteiger partial charge is 0.119 e. The quantitative estimate of drug-likeness (QED) is 0.679. The SMILES string of the molecule is NCC#Cc1ccc(OCCO)cc1. The largest absolute Gasteiger partial charge is 0.491 e. The summed E-state index contributed by atoms with van der Waals surface area (Å²) >= 11 is 0. The molecule has 0 aliphatic carbocycles. The zero-order chi connectivity index (χ0) is 10.2. The minimum Gasteiger partial charge on any atom is -0.491 e. The van der Waals surface area contributed by atoms with Crippen molar-refractivity contribution in [2.45, 2.75) is 0 Å². The van der Waals surface area contributed by atoms with Crippen LogP contribution in [0.4, 0.5) is 0 Å². The van der Waals surface area contributed by atoms with Gasteiger partial charge < -0.3 is 15.6 Å². The molecule has 1 aromatic carbocycles. The number of rotatable bonds is 3. The Labute approximate surface area is 83.5 Å². The molecule has 0 bridgehead atoms. The zero-order valence-corrected chi connectivity index (χ0v) is 7.86. The number of benzene rings is 1. The molecule has 0 radical (unpaired) electrons. The molecule has 1 rings (SSSR count). The number of aliphatic hydroxyl groups excluding tert-OH is 1. The molecule has 0 heterocycles. The van der Waals surface area contributed by atoms with E-state index in [2.05, 4.69) is 11.8 Å². The van der Waals surface area contributed by atoms with Gasteiger partial charge in [0.15, 0.2) is 0 Å². The van der Waals surface area contributed by atoms with Crippen LogP contribution in [-0.2, 0) is 0 Å². The van der Waals surface area contributed by atoms with Crippen molar-refractivity contribution < 1.29 is 9.84 Å². The molecule has 14 heavy (non-hydrogen) atoms. The summed E-state index contributed by atoms with van der Waals surface area (Å²) in [6.07, 6.45) is 0. The molecule has 0 amide bonds. The van der Waals surface area contributed by atoms with Gasteiger partial charge in [-0.3, -0.25) is 0 Å². The molecule has 0 spiro atoms. The van der Waals surface area contributed by atoms with Crippen LogP contribution in [0.1, 0.15) is 5.56 Å². The lowest BCUT2D eigenvalue weighted by molar-refractivity contribution is 0.201. The van der Waals surface area contributed by atoms with Crippen molar-refractivity contribution >= 4 is 0 Å². The summed E-state index contributed by atoms with van der Waals surface area (Å²) in [4.78, 5) is 0. The van der Waals surface area contributed by atoms with Crippen LogP contribution in [0.25, 0.3) is 0 Å². The van der Waals surface area contributed by atoms with E-state index in [-0.39, 0.29) is 6.61 Å². The molecule has 3 nitrogen and oxygen atoms in total. The average molecular weight is 191 g/mol. The Kier molecular flexibility index (Phi) is 4.56. The summed E-state index contributed by atoms with van der Waals surface area (Å²) in [7, 11) is 0. The van der Waals surface area contributed by atoms with E-state index in [0.29, 0.717) is 13.2 Å². The summed E-state index contributed by atoms with van der Waals surface area (Å²) in [5, 5.41) is 8.54. The fourth-order valence-electron chi connectivity index (χ4n) is 0.951. The Hall–Kier alpha value is -1.50. The molecular formula is C11H13NO2. The molecule has 0 saturated carbocycles. The number of ether oxygens (including phenoxy) is 1. The third-order valence-corrected chi connectivity index (χ3v) is 1.55. The van der Waals surface area contributed by atoms with Crippen molar-refractivity contribution in [2.24, 2.45) is 5.73 Å². The van der Waals surface area contributed by atoms with Gasteiger partial charge in [-0.1, -0.05) is 11.8 Å². The number of nitrogens with two attached hydrogens (primary N) is 1. The second-order valence-corrected chi connectivity index (χ2v) is 2.60. The van der Waals surface area contributed by atoms with E-state index < -0.39 is 0 Å². The summed E-state index contributed by atoms with van der Waals surface area (Å²) in [5.41, 5.74) is 6.15. The maximum atomic E-state index is 8.54. The van der Waals surface area contributed by atoms with E-state index in [1.54, 1.807) is 0 Å². The standard InChI is InChI=1S/C11H13NO2/c12-7-1-2-10-3-5-11(6-4-10)14-9-8-13/h3-6,13H,7-9,12H2. The Morgan fingerprint density at radius 1 is 1.29 bits per heavy atom. The minimum atomic E-state index is 0.0226. The van der Waals surface area contributed by atoms with Crippen LogP contribution in [-0.4, -0.2) is 24.9 Å². The lowest BCUT2D eigenvalue weighted by Gasteiger charge is -2.02. The van der Waals surface area contributed by atoms with E-state index in [1.807, 2.05) is 24.3 Å². The van der Waals surface area contributed by atoms with Gasteiger partial charge in [-0.05, 0) is 24.3 Å². The molecule has 3 heteroatoms. The molecule has 0 aliphatic rings. The van der Waals surface area contributed by atoms with Crippen LogP contribution in [0.2, 0.25) is 0 Å². The Bertz CT molecular complexity index is 321. The number of hydrogen-bond donors (Lipinski definition) is 2. The molecule has 0 unspecified atom stereocenters. The Balaban J connectivity index is 2.59. The normalized spacial score (nSPS) is 9.00. The van der Waals surface area contributed by atoms with Gasteiger partial charge in [0.25, 0.3) is 0 Å². The first-order valence-electron chi connectivity index (χ1n) is 4.39. The zero-order valence-electron chi connectivity index (χ0n) is 7.86. The van der Waals surface area contributed by atoms with Gasteiger partial charge in [-0.15, -0.1) is 0 Å². The van der Waals surface area contributed by atoms with Crippen LogP contribution >= 0.6 is 0 Å². The first kappa shape index (κ1) is 10.6. The molecule has 0 saturated heterocycles. The van der Waals surface area contributed by atoms with Gasteiger partial charge in [0.1, 0.15) is 12.4 Å². The second-order valence-electron chi connectivity index (χ2n) is 2.60. The number of aliphatic hydroxyl groups is 1. The van der Waals surface area contributed by atoms with E-state index >= 15 is 0 Å². The molecular weight excluding hydrogens is 178 g/mol. The Morgan fingerprint density at radius 3 is 2.57 bits per heavy atom. The second kappa shape index (κ2) is 6.03. The van der Waals surface area contributed by atoms with Crippen LogP contribution in [0.15, 0.2) is 24.3 Å². The van der Waals surface area contributed by atoms with Crippen LogP contribution in [0.3, 0.4) is 0 Å². The monoisotopic (exact) mass is 191 g/mol. The van der Waals surface area contributed by atoms with E-state index in [4.69, 9.17) is 15.6 Å². The highest BCUT2D eigenvalue weighted by atomic mass is 16.5. The van der Waals surface area contributed by atoms with Crippen molar-refractivity contribution in [3.05, 3.63) is 29.8 Å². The fraction of sp³-hybridized carbons (Fsp3) is 0.273. The van der Waals surface area contributed by atoms with Gasteiger partial charge in [-0.25, -0.2) is 0 Å². The van der Waals surface area contributed by atoms with Crippen molar-refractivity contribution in [1.82, 2.24) is 0 Å². The van der Waals surface area contributed by atoms with Crippen molar-refractivity contribution in [3.8, 4) is 17.6 Å². The van der Waals surface area contributed by atoms with Crippen LogP contribution in [0, 0.1) is 11.8 Å². The third-order valence-electron chi connectivity index (χ3n) is 1.55. The molecule has 0 aromatic heterocycles. The van der Waals surface area contributed by atoms with Crippen LogP contribution in [0.5, 0.6) is 5.75 Å². The Morgan fingerprint density at radius 2 is 2.00 bits per heavy atom. The highest BCUT2D eigenvalue weighted by molar-refractivity contribution is 5.38. The van der Waals surface area contributed by atoms with Gasteiger partial charge in [0, 0.05) is 5.56 Å². The lowest BCUT2D eigenvalue weighted by Crippen LogP contribution is -2.01. The molecule has 74 valence electrons. The molecule has 0 atom stereocenters. The van der Waals surface area contributed by atoms with Crippen molar-refractivity contribution in [3.63, 3.8) is 0 Å². The van der Waals surface area contributed by atoms with Gasteiger partial charge >= 0.3 is 0 Å². The molecule has 1 aromatic rings. The molecule has 3 N–H and O–H groups in total. The summed E-state index contributed by atoms with van der Waals surface area (Å²) in [6.45, 7) is 0.700. The maximum absolute atomic E-state index is 8.54. The van der Waals surface area contributed by atoms with Crippen molar-refractivity contribution in [1.29, 1.82) is 0 Å². The lowest BCUT2D eigenvalue weighted by atomic mass is 10.2. The summed E-state index contributed by atoms with van der Waals surface area (Å²) in [5.74, 6) is 6.41. The van der Waals surface area contributed by atoms with Crippen molar-refractivity contribution in [2.75, 3.05) is 19.8 Å². The van der Waals surface area contributed by atoms with Gasteiger partial charge in [0.2, 0.25) is 0 Å². The summed E-state index contributed by atoms with van der Waals surface area (Å²) < 4.78 is 5.19. The van der Waals surface area contributed by atoms with E-state index in [0.717, 1.165) is 11.3 Å². The van der Waals surface area contributed by atoms with Crippen LogP contribution < -0.4 is 10.5 Å². The highest BCUT2D eigenvalue weighted by Crippen LogP contribution is 2.10.